The normalized spacial score (nSPS) is 13.9. The van der Waals surface area contributed by atoms with Crippen LogP contribution in [-0.4, -0.2) is 97.1 Å². The van der Waals surface area contributed by atoms with Crippen LogP contribution in [0.5, 0.6) is 5.75 Å². The van der Waals surface area contributed by atoms with E-state index in [4.69, 9.17) is 20.2 Å². The van der Waals surface area contributed by atoms with Gasteiger partial charge >= 0.3 is 11.9 Å². The van der Waals surface area contributed by atoms with Gasteiger partial charge in [0, 0.05) is 68.0 Å². The molecule has 16 heteroatoms. The highest BCUT2D eigenvalue weighted by molar-refractivity contribution is 9.10. The number of hydrogen-bond acceptors (Lipinski definition) is 14. The predicted octanol–water partition coefficient (Wildman–Crippen LogP) is 10.9. The van der Waals surface area contributed by atoms with Gasteiger partial charge in [-0.25, -0.2) is 9.59 Å². The number of carbonyl (C=O) groups is 2. The van der Waals surface area contributed by atoms with Gasteiger partial charge in [-0.3, -0.25) is 15.0 Å². The Bertz CT molecular complexity index is 2890. The van der Waals surface area contributed by atoms with Gasteiger partial charge in [-0.05, 0) is 169 Å². The highest BCUT2D eigenvalue weighted by atomic mass is 79.9. The topological polar surface area (TPSA) is 198 Å². The minimum absolute atomic E-state index is 0.276. The molecule has 2 aliphatic rings. The third kappa shape index (κ3) is 14.4. The largest absolute Gasteiger partial charge is 0.508 e. The van der Waals surface area contributed by atoms with Crippen molar-refractivity contribution in [1.29, 1.82) is 0 Å². The van der Waals surface area contributed by atoms with E-state index in [1.54, 1.807) is 24.5 Å². The van der Waals surface area contributed by atoms with Crippen LogP contribution in [0.15, 0.2) is 106 Å². The lowest BCUT2D eigenvalue weighted by molar-refractivity contribution is 0.0517. The lowest BCUT2D eigenvalue weighted by atomic mass is 9.98. The lowest BCUT2D eigenvalue weighted by Gasteiger charge is -2.26. The minimum atomic E-state index is -0.335. The molecule has 5 heterocycles. The van der Waals surface area contributed by atoms with Crippen LogP contribution in [0, 0.1) is 5.92 Å². The predicted molar refractivity (Wildman–Crippen MR) is 295 cm³/mol. The zero-order valence-corrected chi connectivity index (χ0v) is 43.9. The summed E-state index contributed by atoms with van der Waals surface area (Å²) in [5.74, 6) is 0.215. The number of fused-ring (bicyclic) bond motifs is 3. The summed E-state index contributed by atoms with van der Waals surface area (Å²) in [6.45, 7) is 12.9. The van der Waals surface area contributed by atoms with Crippen molar-refractivity contribution in [2.24, 2.45) is 11.7 Å². The van der Waals surface area contributed by atoms with Gasteiger partial charge < -0.3 is 46.9 Å². The zero-order valence-electron chi connectivity index (χ0n) is 40.8. The number of hydrogen-bond donors (Lipinski definition) is 7. The maximum atomic E-state index is 12.3. The van der Waals surface area contributed by atoms with Crippen LogP contribution in [-0.2, 0) is 15.9 Å². The Morgan fingerprint density at radius 1 is 0.690 bits per heavy atom. The average Bonchev–Trinajstić information content (AvgIpc) is 3.39. The molecule has 0 unspecified atom stereocenters. The number of nitrogens with two attached hydrogens (primary N) is 1. The van der Waals surface area contributed by atoms with Crippen LogP contribution in [0.4, 0.5) is 17.1 Å². The van der Waals surface area contributed by atoms with Crippen molar-refractivity contribution in [3.05, 3.63) is 123 Å². The fraction of sp³-hybridized carbons (Fsp3) is 0.364. The molecule has 71 heavy (non-hydrogen) atoms. The van der Waals surface area contributed by atoms with E-state index < -0.39 is 0 Å². The second-order valence-electron chi connectivity index (χ2n) is 17.5. The molecule has 0 spiro atoms. The van der Waals surface area contributed by atoms with E-state index in [1.165, 1.54) is 0 Å². The number of nitrogens with one attached hydrogen (secondary N) is 5. The van der Waals surface area contributed by atoms with Crippen LogP contribution in [0.25, 0.3) is 43.8 Å². The van der Waals surface area contributed by atoms with Crippen LogP contribution in [0.3, 0.4) is 0 Å². The van der Waals surface area contributed by atoms with Crippen LogP contribution < -0.4 is 32.3 Å². The molecule has 0 atom stereocenters. The number of aromatic nitrogens is 3. The Kier molecular flexibility index (Phi) is 19.8. The van der Waals surface area contributed by atoms with Crippen molar-refractivity contribution in [1.82, 2.24) is 25.6 Å². The van der Waals surface area contributed by atoms with Gasteiger partial charge in [0.1, 0.15) is 16.9 Å². The molecule has 2 aliphatic heterocycles. The molecule has 4 aromatic carbocycles. The Hall–Kier alpha value is -5.91. The molecule has 2 fully saturated rings. The van der Waals surface area contributed by atoms with E-state index in [0.717, 1.165) is 153 Å². The fourth-order valence-corrected chi connectivity index (χ4v) is 9.39. The number of aromatic hydroxyl groups is 1. The molecule has 0 radical (unpaired) electrons. The van der Waals surface area contributed by atoms with Crippen molar-refractivity contribution < 1.29 is 24.2 Å². The SMILES string of the molecule is CCOC(=O)c1cnc2ccc(Br)cc2c1NC1CCNCC1.CCOC(=O)c1cnc2ccc(Br)cc2c1NCC1CCNCC1.CCc1cc(NCCCN)c2cc(-c3ccc(O)cc3)ccc2n1. The number of phenolic OH excluding ortho intramolecular Hbond substituents is 1. The second kappa shape index (κ2) is 26.5. The first-order valence-electron chi connectivity index (χ1n) is 24.7. The van der Waals surface area contributed by atoms with Gasteiger partial charge in [0.2, 0.25) is 0 Å². The highest BCUT2D eigenvalue weighted by Gasteiger charge is 2.22. The van der Waals surface area contributed by atoms with E-state index in [1.807, 2.05) is 62.4 Å². The van der Waals surface area contributed by atoms with Crippen molar-refractivity contribution in [2.75, 3.05) is 75.0 Å². The van der Waals surface area contributed by atoms with Gasteiger partial charge in [-0.15, -0.1) is 0 Å². The zero-order chi connectivity index (χ0) is 50.1. The molecule has 2 saturated heterocycles. The Labute approximate surface area is 433 Å². The van der Waals surface area contributed by atoms with Gasteiger partial charge in [0.05, 0.1) is 41.1 Å². The summed E-state index contributed by atoms with van der Waals surface area (Å²) in [5, 5.41) is 29.7. The Morgan fingerprint density at radius 2 is 1.25 bits per heavy atom. The van der Waals surface area contributed by atoms with E-state index >= 15 is 0 Å². The standard InChI is InChI=1S/C20H23N3O.C18H22BrN3O2.C17H20BrN3O2/c1-2-16-13-20(22-11-3-10-21)18-12-15(6-9-19(18)23-16)14-4-7-17(24)8-5-14;1-2-24-18(23)15-11-21-16-4-3-13(19)9-14(16)17(15)22-10-12-5-7-20-8-6-12;1-2-23-17(22)14-10-20-15-4-3-11(18)9-13(15)16(14)21-12-5-7-19-8-6-12/h4-9,12-13,24H,2-3,10-11,21H2,1H3,(H,22,23);3-4,9,11-12,20H,2,5-8,10H2,1H3,(H,21,22);3-4,9-10,12,19H,2,5-8H2,1H3,(H,20,21). The van der Waals surface area contributed by atoms with Gasteiger partial charge in [-0.1, -0.05) is 57.0 Å². The fourth-order valence-electron chi connectivity index (χ4n) is 8.67. The third-order valence-electron chi connectivity index (χ3n) is 12.5. The summed E-state index contributed by atoms with van der Waals surface area (Å²) in [7, 11) is 0. The van der Waals surface area contributed by atoms with Crippen molar-refractivity contribution in [2.45, 2.75) is 65.3 Å². The van der Waals surface area contributed by atoms with E-state index in [9.17, 15) is 14.7 Å². The number of esters is 2. The molecule has 0 saturated carbocycles. The van der Waals surface area contributed by atoms with Crippen LogP contribution in [0.1, 0.15) is 79.3 Å². The molecule has 374 valence electrons. The van der Waals surface area contributed by atoms with Crippen LogP contribution in [0.2, 0.25) is 0 Å². The summed E-state index contributed by atoms with van der Waals surface area (Å²) >= 11 is 7.01. The smallest absolute Gasteiger partial charge is 0.341 e. The molecule has 7 aromatic rings. The monoisotopic (exact) mass is 1090 g/mol. The number of carbonyl (C=O) groups excluding carboxylic acids is 2. The number of halogens is 2. The summed E-state index contributed by atoms with van der Waals surface area (Å²) in [4.78, 5) is 38.2. The molecule has 9 rings (SSSR count). The highest BCUT2D eigenvalue weighted by Crippen LogP contribution is 2.33. The lowest BCUT2D eigenvalue weighted by Crippen LogP contribution is -2.35. The quantitative estimate of drug-likeness (QED) is 0.0378. The molecule has 0 aliphatic carbocycles. The second-order valence-corrected chi connectivity index (χ2v) is 19.3. The minimum Gasteiger partial charge on any atom is -0.508 e. The summed E-state index contributed by atoms with van der Waals surface area (Å²) < 4.78 is 12.3. The van der Waals surface area contributed by atoms with Crippen molar-refractivity contribution >= 4 is 93.6 Å². The molecule has 0 bridgehead atoms. The first kappa shape index (κ1) is 52.9. The number of rotatable bonds is 15. The van der Waals surface area contributed by atoms with Gasteiger partial charge in [0.15, 0.2) is 0 Å². The number of piperidine rings is 2. The number of phenols is 1. The maximum Gasteiger partial charge on any atom is 0.341 e. The van der Waals surface area contributed by atoms with Gasteiger partial charge in [-0.2, -0.15) is 0 Å². The third-order valence-corrected chi connectivity index (χ3v) is 13.5. The number of anilines is 3. The number of ether oxygens (including phenoxy) is 2. The molecule has 8 N–H and O–H groups in total. The summed E-state index contributed by atoms with van der Waals surface area (Å²) in [6.07, 6.45) is 9.41. The number of pyridine rings is 3. The molecular formula is C55H65Br2N9O5. The molecule has 14 nitrogen and oxygen atoms in total. The van der Waals surface area contributed by atoms with Gasteiger partial charge in [0.25, 0.3) is 0 Å². The molecular weight excluding hydrogens is 1030 g/mol. The number of nitrogens with zero attached hydrogens (tertiary/aromatic N) is 3. The number of aryl methyl sites for hydroxylation is 1. The molecule has 0 amide bonds. The Balaban J connectivity index is 0.000000157. The number of benzene rings is 4. The summed E-state index contributed by atoms with van der Waals surface area (Å²) in [5.41, 5.74) is 15.3. The maximum absolute atomic E-state index is 12.3. The van der Waals surface area contributed by atoms with Crippen molar-refractivity contribution in [3.63, 3.8) is 0 Å². The van der Waals surface area contributed by atoms with Crippen LogP contribution >= 0.6 is 31.9 Å². The van der Waals surface area contributed by atoms with E-state index in [2.05, 4.69) is 99.6 Å². The average molecular weight is 1090 g/mol. The summed E-state index contributed by atoms with van der Waals surface area (Å²) in [6, 6.07) is 27.8. The van der Waals surface area contributed by atoms with E-state index in [0.29, 0.717) is 42.8 Å². The van der Waals surface area contributed by atoms with Crippen molar-refractivity contribution in [3.8, 4) is 16.9 Å². The Morgan fingerprint density at radius 3 is 1.85 bits per heavy atom. The first-order valence-corrected chi connectivity index (χ1v) is 26.3. The first-order chi connectivity index (χ1) is 34.6. The van der Waals surface area contributed by atoms with E-state index in [-0.39, 0.29) is 17.7 Å². The molecule has 3 aromatic heterocycles.